The highest BCUT2D eigenvalue weighted by atomic mass is 32.2. The van der Waals surface area contributed by atoms with Crippen molar-refractivity contribution < 1.29 is 19.5 Å². The number of thioether (sulfide) groups is 2. The molecule has 2 aliphatic heterocycles. The molecule has 3 atom stereocenters. The van der Waals surface area contributed by atoms with Gasteiger partial charge in [0.25, 0.3) is 5.91 Å². The number of amides is 2. The number of aromatic nitrogens is 3. The number of β-lactam (4-membered cyclic amide) rings is 1. The molecule has 1 saturated heterocycles. The molecule has 10 nitrogen and oxygen atoms in total. The highest BCUT2D eigenvalue weighted by Crippen LogP contribution is 2.41. The molecular weight excluding hydrogens is 428 g/mol. The van der Waals surface area contributed by atoms with E-state index >= 15 is 0 Å². The van der Waals surface area contributed by atoms with Gasteiger partial charge in [-0.05, 0) is 11.1 Å². The molecule has 2 unspecified atom stereocenters. The van der Waals surface area contributed by atoms with Gasteiger partial charge in [-0.2, -0.15) is 5.10 Å². The Morgan fingerprint density at radius 1 is 1.40 bits per heavy atom. The van der Waals surface area contributed by atoms with Crippen LogP contribution in [0.5, 0.6) is 0 Å². The fraction of sp³-hybridized carbons (Fsp3) is 0.278. The largest absolute Gasteiger partial charge is 0.477 e. The molecule has 156 valence electrons. The molecule has 2 aliphatic rings. The molecule has 0 radical (unpaired) electrons. The number of nitrogens with two attached hydrogens (primary N) is 1. The quantitative estimate of drug-likeness (QED) is 0.348. The van der Waals surface area contributed by atoms with E-state index in [1.807, 2.05) is 6.07 Å². The number of carbonyl (C=O) groups is 3. The number of nitrogens with one attached hydrogen (secondary N) is 2. The van der Waals surface area contributed by atoms with Gasteiger partial charge in [0, 0.05) is 11.5 Å². The lowest BCUT2D eigenvalue weighted by Gasteiger charge is -2.49. The van der Waals surface area contributed by atoms with E-state index in [9.17, 15) is 19.5 Å². The van der Waals surface area contributed by atoms with E-state index in [0.717, 1.165) is 0 Å². The minimum absolute atomic E-state index is 0.0337. The third-order valence-corrected chi connectivity index (χ3v) is 7.07. The Morgan fingerprint density at radius 2 is 2.17 bits per heavy atom. The van der Waals surface area contributed by atoms with Crippen LogP contribution in [0.1, 0.15) is 11.6 Å². The van der Waals surface area contributed by atoms with Crippen molar-refractivity contribution in [3.63, 3.8) is 0 Å². The van der Waals surface area contributed by atoms with Crippen molar-refractivity contribution >= 4 is 41.3 Å². The second-order valence-corrected chi connectivity index (χ2v) is 8.69. The number of hydrogen-bond acceptors (Lipinski definition) is 8. The van der Waals surface area contributed by atoms with Gasteiger partial charge in [0.1, 0.15) is 29.5 Å². The maximum Gasteiger partial charge on any atom is 0.352 e. The predicted molar refractivity (Wildman–Crippen MR) is 110 cm³/mol. The SMILES string of the molecule is NC(C(=O)NC1C(=O)N2C(C(=O)O)=C(CSc3ncn[nH]3)CS[C@@H]12)c1ccccc1. The number of carboxylic acids is 1. The van der Waals surface area contributed by atoms with Crippen molar-refractivity contribution in [2.24, 2.45) is 5.73 Å². The number of aromatic amines is 1. The summed E-state index contributed by atoms with van der Waals surface area (Å²) >= 11 is 2.72. The third-order valence-electron chi connectivity index (χ3n) is 4.76. The first-order valence-electron chi connectivity index (χ1n) is 8.96. The van der Waals surface area contributed by atoms with Crippen LogP contribution in [-0.4, -0.2) is 65.9 Å². The topological polar surface area (TPSA) is 154 Å². The summed E-state index contributed by atoms with van der Waals surface area (Å²) < 4.78 is 0. The number of carboxylic acid groups (broad SMARTS) is 1. The fourth-order valence-electron chi connectivity index (χ4n) is 3.27. The molecule has 0 bridgehead atoms. The van der Waals surface area contributed by atoms with Crippen LogP contribution in [0.25, 0.3) is 0 Å². The molecule has 4 rings (SSSR count). The van der Waals surface area contributed by atoms with E-state index in [0.29, 0.717) is 27.8 Å². The zero-order chi connectivity index (χ0) is 21.3. The number of aliphatic carboxylic acids is 1. The Bertz CT molecular complexity index is 997. The van der Waals surface area contributed by atoms with Crippen molar-refractivity contribution in [2.75, 3.05) is 11.5 Å². The second kappa shape index (κ2) is 8.50. The molecule has 2 aromatic rings. The fourth-order valence-corrected chi connectivity index (χ4v) is 5.53. The van der Waals surface area contributed by atoms with Gasteiger partial charge >= 0.3 is 5.97 Å². The van der Waals surface area contributed by atoms with E-state index in [-0.39, 0.29) is 5.70 Å². The zero-order valence-electron chi connectivity index (χ0n) is 15.5. The van der Waals surface area contributed by atoms with Crippen LogP contribution in [-0.2, 0) is 14.4 Å². The van der Waals surface area contributed by atoms with Crippen molar-refractivity contribution in [3.05, 3.63) is 53.5 Å². The number of carbonyl (C=O) groups excluding carboxylic acids is 2. The highest BCUT2D eigenvalue weighted by molar-refractivity contribution is 8.01. The normalized spacial score (nSPS) is 21.6. The lowest BCUT2D eigenvalue weighted by molar-refractivity contribution is -0.150. The number of benzene rings is 1. The van der Waals surface area contributed by atoms with Crippen molar-refractivity contribution in [1.29, 1.82) is 0 Å². The van der Waals surface area contributed by atoms with Gasteiger partial charge in [-0.1, -0.05) is 42.1 Å². The molecule has 12 heteroatoms. The van der Waals surface area contributed by atoms with Crippen LogP contribution in [0.4, 0.5) is 0 Å². The van der Waals surface area contributed by atoms with Gasteiger partial charge in [-0.3, -0.25) is 19.6 Å². The Balaban J connectivity index is 1.46. The molecule has 1 fully saturated rings. The molecule has 1 aromatic heterocycles. The van der Waals surface area contributed by atoms with Crippen molar-refractivity contribution in [3.8, 4) is 0 Å². The first-order chi connectivity index (χ1) is 14.5. The van der Waals surface area contributed by atoms with Gasteiger partial charge in [0.15, 0.2) is 5.16 Å². The van der Waals surface area contributed by atoms with Gasteiger partial charge in [-0.15, -0.1) is 11.8 Å². The van der Waals surface area contributed by atoms with E-state index in [1.165, 1.54) is 34.8 Å². The third kappa shape index (κ3) is 3.80. The maximum absolute atomic E-state index is 12.7. The highest BCUT2D eigenvalue weighted by Gasteiger charge is 2.54. The summed E-state index contributed by atoms with van der Waals surface area (Å²) in [5.74, 6) is -1.33. The molecule has 0 spiro atoms. The number of rotatable bonds is 7. The van der Waals surface area contributed by atoms with Crippen molar-refractivity contribution in [2.45, 2.75) is 22.6 Å². The summed E-state index contributed by atoms with van der Waals surface area (Å²) in [6.45, 7) is 0. The summed E-state index contributed by atoms with van der Waals surface area (Å²) in [4.78, 5) is 42.3. The molecule has 0 aliphatic carbocycles. The molecule has 1 aromatic carbocycles. The Morgan fingerprint density at radius 3 is 2.83 bits per heavy atom. The number of fused-ring (bicyclic) bond motifs is 1. The van der Waals surface area contributed by atoms with Crippen LogP contribution < -0.4 is 11.1 Å². The summed E-state index contributed by atoms with van der Waals surface area (Å²) in [7, 11) is 0. The first kappa shape index (κ1) is 20.4. The molecule has 0 saturated carbocycles. The summed E-state index contributed by atoms with van der Waals surface area (Å²) in [5.41, 5.74) is 7.21. The van der Waals surface area contributed by atoms with Crippen LogP contribution in [0.3, 0.4) is 0 Å². The number of hydrogen-bond donors (Lipinski definition) is 4. The van der Waals surface area contributed by atoms with Crippen LogP contribution in [0.2, 0.25) is 0 Å². The van der Waals surface area contributed by atoms with Gasteiger partial charge in [0.05, 0.1) is 0 Å². The molecule has 3 heterocycles. The average Bonchev–Trinajstić information content (AvgIpc) is 3.28. The minimum atomic E-state index is -1.17. The summed E-state index contributed by atoms with van der Waals surface area (Å²) in [5, 5.41) is 18.9. The van der Waals surface area contributed by atoms with Gasteiger partial charge < -0.3 is 16.2 Å². The lowest BCUT2D eigenvalue weighted by atomic mass is 10.0. The maximum atomic E-state index is 12.7. The predicted octanol–water partition coefficient (Wildman–Crippen LogP) is 0.335. The smallest absolute Gasteiger partial charge is 0.352 e. The number of nitrogens with zero attached hydrogens (tertiary/aromatic N) is 3. The van der Waals surface area contributed by atoms with E-state index in [2.05, 4.69) is 20.5 Å². The summed E-state index contributed by atoms with van der Waals surface area (Å²) in [6, 6.07) is 7.12. The Hall–Kier alpha value is -2.83. The van der Waals surface area contributed by atoms with E-state index in [4.69, 9.17) is 5.73 Å². The molecule has 2 amide bonds. The van der Waals surface area contributed by atoms with E-state index in [1.54, 1.807) is 24.3 Å². The standard InChI is InChI=1S/C18H18N6O4S2/c19-11(9-4-2-1-3-5-9)14(25)22-12-15(26)24-13(17(27)28)10(6-29-16(12)24)7-30-18-20-8-21-23-18/h1-5,8,11-12,16H,6-7,19H2,(H,22,25)(H,27,28)(H,20,21,23)/t11?,12?,16-/m0/s1. The first-order valence-corrected chi connectivity index (χ1v) is 11.0. The van der Waals surface area contributed by atoms with Gasteiger partial charge in [0.2, 0.25) is 5.91 Å². The Labute approximate surface area is 179 Å². The average molecular weight is 447 g/mol. The van der Waals surface area contributed by atoms with E-state index < -0.39 is 35.2 Å². The van der Waals surface area contributed by atoms with Crippen LogP contribution in [0.15, 0.2) is 53.1 Å². The molecule has 30 heavy (non-hydrogen) atoms. The molecular formula is C18H18N6O4S2. The number of H-pyrrole nitrogens is 1. The monoisotopic (exact) mass is 446 g/mol. The van der Waals surface area contributed by atoms with Crippen LogP contribution in [0, 0.1) is 0 Å². The Kier molecular flexibility index (Phi) is 5.79. The van der Waals surface area contributed by atoms with Crippen molar-refractivity contribution in [1.82, 2.24) is 25.4 Å². The lowest BCUT2D eigenvalue weighted by Crippen LogP contribution is -2.71. The van der Waals surface area contributed by atoms with Gasteiger partial charge in [-0.25, -0.2) is 9.78 Å². The zero-order valence-corrected chi connectivity index (χ0v) is 17.2. The molecule has 5 N–H and O–H groups in total. The second-order valence-electron chi connectivity index (χ2n) is 6.62. The van der Waals surface area contributed by atoms with Crippen LogP contribution >= 0.6 is 23.5 Å². The summed E-state index contributed by atoms with van der Waals surface area (Å²) in [6.07, 6.45) is 1.37. The minimum Gasteiger partial charge on any atom is -0.477 e.